The molecule has 0 spiro atoms. The SMILES string of the molecule is C=CCN(CC(=O)N(Cc1ccccc1)Cc1cccn1C)C(=O)Nc1ccc([N+](=O)[O-])cc1. The number of benzene rings is 2. The predicted octanol–water partition coefficient (Wildman–Crippen LogP) is 4.18. The van der Waals surface area contributed by atoms with E-state index in [2.05, 4.69) is 11.9 Å². The molecular formula is C25H27N5O4. The molecule has 34 heavy (non-hydrogen) atoms. The number of aromatic nitrogens is 1. The number of anilines is 1. The Balaban J connectivity index is 1.73. The van der Waals surface area contributed by atoms with Gasteiger partial charge in [0.2, 0.25) is 5.91 Å². The first-order valence-corrected chi connectivity index (χ1v) is 10.7. The van der Waals surface area contributed by atoms with E-state index in [4.69, 9.17) is 0 Å². The van der Waals surface area contributed by atoms with Gasteiger partial charge in [0.1, 0.15) is 6.54 Å². The summed E-state index contributed by atoms with van der Waals surface area (Å²) in [5.74, 6) is -0.217. The third-order valence-electron chi connectivity index (χ3n) is 5.27. The van der Waals surface area contributed by atoms with Crippen molar-refractivity contribution >= 4 is 23.3 Å². The van der Waals surface area contributed by atoms with Gasteiger partial charge in [0.15, 0.2) is 0 Å². The first kappa shape index (κ1) is 24.2. The second-order valence-electron chi connectivity index (χ2n) is 7.75. The minimum absolute atomic E-state index is 0.0756. The lowest BCUT2D eigenvalue weighted by atomic mass is 10.2. The van der Waals surface area contributed by atoms with Crippen molar-refractivity contribution < 1.29 is 14.5 Å². The fourth-order valence-corrected chi connectivity index (χ4v) is 3.40. The summed E-state index contributed by atoms with van der Waals surface area (Å²) < 4.78 is 1.95. The van der Waals surface area contributed by atoms with E-state index in [0.29, 0.717) is 18.8 Å². The van der Waals surface area contributed by atoms with Gasteiger partial charge in [-0.3, -0.25) is 14.9 Å². The normalized spacial score (nSPS) is 10.4. The molecule has 0 aliphatic carbocycles. The Hall–Kier alpha value is -4.40. The summed E-state index contributed by atoms with van der Waals surface area (Å²) in [5.41, 5.74) is 2.26. The van der Waals surface area contributed by atoms with Gasteiger partial charge in [0, 0.05) is 49.8 Å². The molecule has 9 heteroatoms. The number of aryl methyl sites for hydroxylation is 1. The highest BCUT2D eigenvalue weighted by Gasteiger charge is 2.22. The lowest BCUT2D eigenvalue weighted by Gasteiger charge is -2.27. The molecule has 0 unspecified atom stereocenters. The lowest BCUT2D eigenvalue weighted by Crippen LogP contribution is -2.44. The zero-order chi connectivity index (χ0) is 24.5. The molecule has 3 rings (SSSR count). The van der Waals surface area contributed by atoms with Crippen molar-refractivity contribution in [3.63, 3.8) is 0 Å². The minimum atomic E-state index is -0.512. The van der Waals surface area contributed by atoms with Crippen LogP contribution in [0.4, 0.5) is 16.2 Å². The summed E-state index contributed by atoms with van der Waals surface area (Å²) >= 11 is 0. The maximum atomic E-state index is 13.3. The number of carbonyl (C=O) groups excluding carboxylic acids is 2. The van der Waals surface area contributed by atoms with Gasteiger partial charge in [-0.2, -0.15) is 0 Å². The maximum Gasteiger partial charge on any atom is 0.322 e. The highest BCUT2D eigenvalue weighted by atomic mass is 16.6. The standard InChI is InChI=1S/C25H27N5O4/c1-3-15-28(25(32)26-21-11-13-22(14-12-21)30(33)34)19-24(31)29(17-20-8-5-4-6-9-20)18-23-10-7-16-27(23)2/h3-14,16H,1,15,17-19H2,2H3,(H,26,32). The summed E-state index contributed by atoms with van der Waals surface area (Å²) in [7, 11) is 1.92. The molecule has 3 amide bonds. The third-order valence-corrected chi connectivity index (χ3v) is 5.27. The fourth-order valence-electron chi connectivity index (χ4n) is 3.40. The van der Waals surface area contributed by atoms with Gasteiger partial charge < -0.3 is 19.7 Å². The van der Waals surface area contributed by atoms with Gasteiger partial charge in [0.25, 0.3) is 5.69 Å². The molecule has 176 valence electrons. The van der Waals surface area contributed by atoms with Crippen LogP contribution in [0.5, 0.6) is 0 Å². The Morgan fingerprint density at radius 2 is 1.74 bits per heavy atom. The van der Waals surface area contributed by atoms with Crippen LogP contribution in [0.2, 0.25) is 0 Å². The molecule has 0 radical (unpaired) electrons. The van der Waals surface area contributed by atoms with Gasteiger partial charge >= 0.3 is 6.03 Å². The van der Waals surface area contributed by atoms with E-state index in [-0.39, 0.29) is 24.7 Å². The first-order valence-electron chi connectivity index (χ1n) is 10.7. The number of nitro groups is 1. The van der Waals surface area contributed by atoms with Crippen LogP contribution >= 0.6 is 0 Å². The van der Waals surface area contributed by atoms with Gasteiger partial charge in [-0.05, 0) is 29.8 Å². The summed E-state index contributed by atoms with van der Waals surface area (Å²) in [6.07, 6.45) is 3.46. The number of nitrogens with one attached hydrogen (secondary N) is 1. The van der Waals surface area contributed by atoms with E-state index in [1.54, 1.807) is 11.0 Å². The van der Waals surface area contributed by atoms with Crippen LogP contribution in [-0.2, 0) is 24.9 Å². The molecule has 0 aliphatic heterocycles. The molecule has 0 fully saturated rings. The second-order valence-corrected chi connectivity index (χ2v) is 7.75. The zero-order valence-corrected chi connectivity index (χ0v) is 19.0. The molecule has 0 saturated heterocycles. The molecule has 2 aromatic carbocycles. The van der Waals surface area contributed by atoms with Crippen LogP contribution in [0.15, 0.2) is 85.6 Å². The molecule has 0 saturated carbocycles. The molecule has 0 bridgehead atoms. The van der Waals surface area contributed by atoms with Crippen molar-refractivity contribution in [3.8, 4) is 0 Å². The van der Waals surface area contributed by atoms with Crippen molar-refractivity contribution in [1.82, 2.24) is 14.4 Å². The first-order chi connectivity index (χ1) is 16.4. The number of amides is 3. The van der Waals surface area contributed by atoms with Crippen molar-refractivity contribution in [2.24, 2.45) is 7.05 Å². The van der Waals surface area contributed by atoms with Gasteiger partial charge in [-0.15, -0.1) is 6.58 Å². The van der Waals surface area contributed by atoms with E-state index < -0.39 is 11.0 Å². The van der Waals surface area contributed by atoms with Crippen LogP contribution in [0, 0.1) is 10.1 Å². The number of nitro benzene ring substituents is 1. The summed E-state index contributed by atoms with van der Waals surface area (Å²) in [6, 6.07) is 18.5. The Bertz CT molecular complexity index is 1140. The molecule has 1 aromatic heterocycles. The molecule has 1 heterocycles. The fraction of sp³-hybridized carbons (Fsp3) is 0.200. The largest absolute Gasteiger partial charge is 0.353 e. The lowest BCUT2D eigenvalue weighted by molar-refractivity contribution is -0.384. The van der Waals surface area contributed by atoms with E-state index in [0.717, 1.165) is 11.3 Å². The number of urea groups is 1. The van der Waals surface area contributed by atoms with E-state index in [1.165, 1.54) is 29.2 Å². The molecule has 1 N–H and O–H groups in total. The molecular weight excluding hydrogens is 434 g/mol. The smallest absolute Gasteiger partial charge is 0.322 e. The number of nitrogens with zero attached hydrogens (tertiary/aromatic N) is 4. The predicted molar refractivity (Wildman–Crippen MR) is 130 cm³/mol. The van der Waals surface area contributed by atoms with Crippen molar-refractivity contribution in [2.45, 2.75) is 13.1 Å². The summed E-state index contributed by atoms with van der Waals surface area (Å²) in [4.78, 5) is 39.6. The Kier molecular flexibility index (Phi) is 8.17. The van der Waals surface area contributed by atoms with Gasteiger partial charge in [0.05, 0.1) is 11.5 Å². The summed E-state index contributed by atoms with van der Waals surface area (Å²) in [6.45, 7) is 4.49. The summed E-state index contributed by atoms with van der Waals surface area (Å²) in [5, 5.41) is 13.5. The highest BCUT2D eigenvalue weighted by molar-refractivity contribution is 5.92. The quantitative estimate of drug-likeness (QED) is 0.278. The van der Waals surface area contributed by atoms with Crippen LogP contribution in [0.1, 0.15) is 11.3 Å². The molecule has 9 nitrogen and oxygen atoms in total. The molecule has 0 aliphatic rings. The topological polar surface area (TPSA) is 101 Å². The van der Waals surface area contributed by atoms with Crippen molar-refractivity contribution in [3.05, 3.63) is 107 Å². The second kappa shape index (κ2) is 11.5. The van der Waals surface area contributed by atoms with Crippen LogP contribution in [0.25, 0.3) is 0 Å². The van der Waals surface area contributed by atoms with E-state index >= 15 is 0 Å². The maximum absolute atomic E-state index is 13.3. The van der Waals surface area contributed by atoms with Crippen LogP contribution in [0.3, 0.4) is 0 Å². The average molecular weight is 462 g/mol. The van der Waals surface area contributed by atoms with Gasteiger partial charge in [-0.1, -0.05) is 36.4 Å². The van der Waals surface area contributed by atoms with Crippen LogP contribution in [-0.4, -0.2) is 44.3 Å². The highest BCUT2D eigenvalue weighted by Crippen LogP contribution is 2.16. The number of non-ortho nitro benzene ring substituents is 1. The Labute approximate surface area is 198 Å². The third kappa shape index (κ3) is 6.55. The Morgan fingerprint density at radius 1 is 1.03 bits per heavy atom. The molecule has 3 aromatic rings. The van der Waals surface area contributed by atoms with E-state index in [9.17, 15) is 19.7 Å². The number of hydrogen-bond donors (Lipinski definition) is 1. The van der Waals surface area contributed by atoms with E-state index in [1.807, 2.05) is 60.3 Å². The number of rotatable bonds is 10. The average Bonchev–Trinajstić information content (AvgIpc) is 3.23. The monoisotopic (exact) mass is 461 g/mol. The zero-order valence-electron chi connectivity index (χ0n) is 19.0. The minimum Gasteiger partial charge on any atom is -0.353 e. The van der Waals surface area contributed by atoms with Crippen molar-refractivity contribution in [2.75, 3.05) is 18.4 Å². The molecule has 0 atom stereocenters. The number of hydrogen-bond acceptors (Lipinski definition) is 4. The Morgan fingerprint density at radius 3 is 2.32 bits per heavy atom. The van der Waals surface area contributed by atoms with Gasteiger partial charge in [-0.25, -0.2) is 4.79 Å². The van der Waals surface area contributed by atoms with Crippen molar-refractivity contribution in [1.29, 1.82) is 0 Å². The number of carbonyl (C=O) groups is 2. The van der Waals surface area contributed by atoms with Crippen LogP contribution < -0.4 is 5.32 Å².